The second kappa shape index (κ2) is 10.4. The molecule has 4 aliphatic carbocycles. The van der Waals surface area contributed by atoms with Crippen LogP contribution in [0.5, 0.6) is 0 Å². The summed E-state index contributed by atoms with van der Waals surface area (Å²) in [4.78, 5) is 12.5. The van der Waals surface area contributed by atoms with E-state index < -0.39 is 28.5 Å². The normalized spacial score (nSPS) is 44.1. The molecule has 0 bridgehead atoms. The molecule has 9 heteroatoms. The van der Waals surface area contributed by atoms with E-state index in [2.05, 4.69) is 26.1 Å². The number of aliphatic hydroxyl groups is 3. The summed E-state index contributed by atoms with van der Waals surface area (Å²) in [5.41, 5.74) is 0.0323. The Morgan fingerprint density at radius 1 is 1.06 bits per heavy atom. The van der Waals surface area contributed by atoms with Crippen molar-refractivity contribution >= 4 is 16.0 Å². The molecular formula is C27H47NO7S. The van der Waals surface area contributed by atoms with Crippen molar-refractivity contribution in [1.82, 2.24) is 5.32 Å². The molecule has 0 aromatic heterocycles. The van der Waals surface area contributed by atoms with Crippen molar-refractivity contribution in [3.8, 4) is 0 Å². The van der Waals surface area contributed by atoms with E-state index in [0.29, 0.717) is 36.0 Å². The summed E-state index contributed by atoms with van der Waals surface area (Å²) in [5.74, 6) is 1.65. The second-order valence-electron chi connectivity index (χ2n) is 13.1. The van der Waals surface area contributed by atoms with Crippen LogP contribution in [-0.2, 0) is 14.9 Å². The lowest BCUT2D eigenvalue weighted by Crippen LogP contribution is -2.58. The van der Waals surface area contributed by atoms with Crippen LogP contribution in [0.2, 0.25) is 0 Å². The molecule has 4 saturated carbocycles. The number of rotatable bonds is 8. The van der Waals surface area contributed by atoms with Gasteiger partial charge in [0.1, 0.15) is 0 Å². The number of hydrogen-bond acceptors (Lipinski definition) is 6. The summed E-state index contributed by atoms with van der Waals surface area (Å²) in [6.45, 7) is 6.30. The Hall–Kier alpha value is -0.740. The minimum atomic E-state index is -4.29. The number of carbonyl (C=O) groups excluding carboxylic acids is 1. The fourth-order valence-corrected chi connectivity index (χ4v) is 10.1. The van der Waals surface area contributed by atoms with E-state index in [1.807, 2.05) is 0 Å². The first-order valence-electron chi connectivity index (χ1n) is 14.0. The lowest BCUT2D eigenvalue weighted by atomic mass is 9.43. The Balaban J connectivity index is 1.40. The van der Waals surface area contributed by atoms with Gasteiger partial charge in [0.2, 0.25) is 5.91 Å². The van der Waals surface area contributed by atoms with Gasteiger partial charge in [-0.3, -0.25) is 9.35 Å². The van der Waals surface area contributed by atoms with E-state index in [9.17, 15) is 28.5 Å². The van der Waals surface area contributed by atoms with Gasteiger partial charge in [-0.25, -0.2) is 0 Å². The van der Waals surface area contributed by atoms with Crippen molar-refractivity contribution in [2.24, 2.45) is 46.3 Å². The average molecular weight is 530 g/mol. The fraction of sp³-hybridized carbons (Fsp3) is 0.963. The van der Waals surface area contributed by atoms with Crippen molar-refractivity contribution in [3.05, 3.63) is 0 Å². The Bertz CT molecular complexity index is 912. The molecule has 4 aliphatic rings. The van der Waals surface area contributed by atoms with Crippen LogP contribution in [-0.4, -0.2) is 64.8 Å². The zero-order chi connectivity index (χ0) is 26.5. The third-order valence-electron chi connectivity index (χ3n) is 11.3. The van der Waals surface area contributed by atoms with E-state index in [0.717, 1.165) is 38.5 Å². The first kappa shape index (κ1) is 28.3. The van der Waals surface area contributed by atoms with Gasteiger partial charge < -0.3 is 20.6 Å². The van der Waals surface area contributed by atoms with Gasteiger partial charge in [0, 0.05) is 6.42 Å². The van der Waals surface area contributed by atoms with Crippen molar-refractivity contribution in [1.29, 1.82) is 0 Å². The van der Waals surface area contributed by atoms with Crippen molar-refractivity contribution < 1.29 is 33.1 Å². The standard InChI is InChI=1S/C27H47NO7S/c1-16(4-9-25(32)28-18(14-29)15-36(33,34)35)21-7-8-22-20-6-5-17-12-19(30)10-11-26(17,2)23(20)13-24(31)27(21,22)3/h16-24,29-31H,4-15H2,1-3H3,(H,28,32)(H,33,34,35). The molecule has 5 N–H and O–H groups in total. The van der Waals surface area contributed by atoms with Gasteiger partial charge >= 0.3 is 0 Å². The lowest BCUT2D eigenvalue weighted by molar-refractivity contribution is -0.175. The SMILES string of the molecule is CC(CCC(=O)NC(CO)CS(=O)(=O)O)C1CCC2C3CCC4CC(O)CCC4(C)C3CC(O)C12C. The molecule has 8 nitrogen and oxygen atoms in total. The van der Waals surface area contributed by atoms with Crippen LogP contribution in [0.3, 0.4) is 0 Å². The first-order chi connectivity index (χ1) is 16.8. The zero-order valence-corrected chi connectivity index (χ0v) is 22.9. The summed E-state index contributed by atoms with van der Waals surface area (Å²) >= 11 is 0. The Morgan fingerprint density at radius 3 is 2.44 bits per heavy atom. The molecule has 4 fully saturated rings. The topological polar surface area (TPSA) is 144 Å². The average Bonchev–Trinajstić information content (AvgIpc) is 3.16. The van der Waals surface area contributed by atoms with Crippen LogP contribution in [0.15, 0.2) is 0 Å². The van der Waals surface area contributed by atoms with E-state index in [4.69, 9.17) is 4.55 Å². The molecule has 11 atom stereocenters. The molecular weight excluding hydrogens is 482 g/mol. The Morgan fingerprint density at radius 2 is 1.78 bits per heavy atom. The molecule has 0 spiro atoms. The fourth-order valence-electron chi connectivity index (χ4n) is 9.41. The molecule has 0 radical (unpaired) electrons. The number of nitrogens with one attached hydrogen (secondary N) is 1. The third-order valence-corrected chi connectivity index (χ3v) is 12.2. The molecule has 4 rings (SSSR count). The number of fused-ring (bicyclic) bond motifs is 5. The van der Waals surface area contributed by atoms with Gasteiger partial charge in [0.05, 0.1) is 30.6 Å². The molecule has 0 aromatic rings. The highest BCUT2D eigenvalue weighted by atomic mass is 32.2. The van der Waals surface area contributed by atoms with Crippen LogP contribution < -0.4 is 5.32 Å². The molecule has 11 unspecified atom stereocenters. The van der Waals surface area contributed by atoms with Crippen molar-refractivity contribution in [2.75, 3.05) is 12.4 Å². The van der Waals surface area contributed by atoms with Gasteiger partial charge in [-0.05, 0) is 104 Å². The Labute approximate surface area is 216 Å². The largest absolute Gasteiger partial charge is 0.394 e. The van der Waals surface area contributed by atoms with Crippen molar-refractivity contribution in [3.63, 3.8) is 0 Å². The highest BCUT2D eigenvalue weighted by Crippen LogP contribution is 2.68. The van der Waals surface area contributed by atoms with Crippen LogP contribution in [0, 0.1) is 46.3 Å². The summed E-state index contributed by atoms with van der Waals surface area (Å²) in [6.07, 6.45) is 8.47. The van der Waals surface area contributed by atoms with E-state index in [1.165, 1.54) is 12.8 Å². The maximum absolute atomic E-state index is 12.5. The molecule has 0 heterocycles. The molecule has 1 amide bonds. The first-order valence-corrected chi connectivity index (χ1v) is 15.6. The smallest absolute Gasteiger partial charge is 0.266 e. The van der Waals surface area contributed by atoms with Gasteiger partial charge in [-0.15, -0.1) is 0 Å². The molecule has 36 heavy (non-hydrogen) atoms. The summed E-state index contributed by atoms with van der Waals surface area (Å²) in [5, 5.41) is 33.8. The van der Waals surface area contributed by atoms with Crippen molar-refractivity contribution in [2.45, 2.75) is 103 Å². The molecule has 0 aromatic carbocycles. The van der Waals surface area contributed by atoms with Crippen LogP contribution in [0.25, 0.3) is 0 Å². The van der Waals surface area contributed by atoms with Crippen LogP contribution in [0.4, 0.5) is 0 Å². The van der Waals surface area contributed by atoms with Gasteiger partial charge in [0.25, 0.3) is 10.1 Å². The molecule has 0 aliphatic heterocycles. The molecule has 0 saturated heterocycles. The number of hydrogen-bond donors (Lipinski definition) is 5. The number of aliphatic hydroxyl groups excluding tert-OH is 3. The minimum absolute atomic E-state index is 0.173. The summed E-state index contributed by atoms with van der Waals surface area (Å²) in [6, 6.07) is -1.02. The Kier molecular flexibility index (Phi) is 8.20. The second-order valence-corrected chi connectivity index (χ2v) is 14.6. The van der Waals surface area contributed by atoms with Crippen LogP contribution in [0.1, 0.15) is 85.0 Å². The quantitative estimate of drug-likeness (QED) is 0.304. The molecule has 208 valence electrons. The predicted octanol–water partition coefficient (Wildman–Crippen LogP) is 2.76. The highest BCUT2D eigenvalue weighted by Gasteiger charge is 2.63. The van der Waals surface area contributed by atoms with E-state index in [-0.39, 0.29) is 41.3 Å². The lowest BCUT2D eigenvalue weighted by Gasteiger charge is -2.62. The van der Waals surface area contributed by atoms with E-state index >= 15 is 0 Å². The van der Waals surface area contributed by atoms with Crippen LogP contribution >= 0.6 is 0 Å². The maximum Gasteiger partial charge on any atom is 0.266 e. The minimum Gasteiger partial charge on any atom is -0.394 e. The summed E-state index contributed by atoms with van der Waals surface area (Å²) < 4.78 is 31.2. The number of amides is 1. The maximum atomic E-state index is 12.5. The zero-order valence-electron chi connectivity index (χ0n) is 22.1. The van der Waals surface area contributed by atoms with E-state index in [1.54, 1.807) is 0 Å². The summed E-state index contributed by atoms with van der Waals surface area (Å²) in [7, 11) is -4.29. The highest BCUT2D eigenvalue weighted by molar-refractivity contribution is 7.85. The predicted molar refractivity (Wildman–Crippen MR) is 136 cm³/mol. The van der Waals surface area contributed by atoms with Gasteiger partial charge in [-0.1, -0.05) is 20.8 Å². The van der Waals surface area contributed by atoms with Gasteiger partial charge in [0.15, 0.2) is 0 Å². The third kappa shape index (κ3) is 5.24. The van der Waals surface area contributed by atoms with Gasteiger partial charge in [-0.2, -0.15) is 8.42 Å². The number of carbonyl (C=O) groups is 1. The monoisotopic (exact) mass is 529 g/mol.